The van der Waals surface area contributed by atoms with Crippen molar-refractivity contribution in [3.05, 3.63) is 16.6 Å². The maximum absolute atomic E-state index is 11.3. The second kappa shape index (κ2) is 3.33. The van der Waals surface area contributed by atoms with Gasteiger partial charge in [0.1, 0.15) is 5.41 Å². The average molecular weight is 212 g/mol. The molecule has 0 saturated carbocycles. The summed E-state index contributed by atoms with van der Waals surface area (Å²) in [6.07, 6.45) is 2.36. The number of hydrogen-bond donors (Lipinski definition) is 1. The molecular formula is C9H12N2O2S. The van der Waals surface area contributed by atoms with Crippen LogP contribution in [-0.4, -0.2) is 41.1 Å². The molecule has 14 heavy (non-hydrogen) atoms. The van der Waals surface area contributed by atoms with E-state index in [0.717, 1.165) is 11.4 Å². The van der Waals surface area contributed by atoms with Crippen molar-refractivity contribution in [1.29, 1.82) is 0 Å². The Morgan fingerprint density at radius 1 is 1.79 bits per heavy atom. The summed E-state index contributed by atoms with van der Waals surface area (Å²) >= 11 is 1.43. The molecule has 0 spiro atoms. The summed E-state index contributed by atoms with van der Waals surface area (Å²) in [6.45, 7) is 1.43. The van der Waals surface area contributed by atoms with Crippen molar-refractivity contribution in [2.24, 2.45) is 0 Å². The maximum atomic E-state index is 11.3. The van der Waals surface area contributed by atoms with Crippen molar-refractivity contribution in [3.8, 4) is 0 Å². The fourth-order valence-electron chi connectivity index (χ4n) is 1.93. The van der Waals surface area contributed by atoms with Crippen molar-refractivity contribution < 1.29 is 9.90 Å². The third-order valence-electron chi connectivity index (χ3n) is 2.77. The minimum atomic E-state index is -0.730. The number of aliphatic carboxylic acids is 1. The van der Waals surface area contributed by atoms with Crippen molar-refractivity contribution >= 4 is 17.3 Å². The second-order valence-electron chi connectivity index (χ2n) is 3.74. The van der Waals surface area contributed by atoms with Gasteiger partial charge in [-0.2, -0.15) is 0 Å². The Kier molecular flexibility index (Phi) is 2.28. The first-order chi connectivity index (χ1) is 6.65. The van der Waals surface area contributed by atoms with Gasteiger partial charge in [-0.15, -0.1) is 11.3 Å². The lowest BCUT2D eigenvalue weighted by atomic mass is 9.86. The SMILES string of the molecule is CN1CCC(C(=O)O)(c2cncs2)C1. The lowest BCUT2D eigenvalue weighted by Crippen LogP contribution is -2.37. The first-order valence-electron chi connectivity index (χ1n) is 4.46. The first kappa shape index (κ1) is 9.61. The lowest BCUT2D eigenvalue weighted by molar-refractivity contribution is -0.143. The summed E-state index contributed by atoms with van der Waals surface area (Å²) < 4.78 is 0. The van der Waals surface area contributed by atoms with E-state index in [1.165, 1.54) is 11.3 Å². The first-order valence-corrected chi connectivity index (χ1v) is 5.34. The van der Waals surface area contributed by atoms with Crippen molar-refractivity contribution in [1.82, 2.24) is 9.88 Å². The van der Waals surface area contributed by atoms with Gasteiger partial charge in [-0.25, -0.2) is 0 Å². The largest absolute Gasteiger partial charge is 0.481 e. The Morgan fingerprint density at radius 2 is 2.57 bits per heavy atom. The van der Waals surface area contributed by atoms with Gasteiger partial charge in [-0.05, 0) is 20.0 Å². The third-order valence-corrected chi connectivity index (χ3v) is 3.75. The van der Waals surface area contributed by atoms with Crippen LogP contribution in [-0.2, 0) is 10.2 Å². The lowest BCUT2D eigenvalue weighted by Gasteiger charge is -2.21. The maximum Gasteiger partial charge on any atom is 0.316 e. The van der Waals surface area contributed by atoms with Crippen LogP contribution in [0.15, 0.2) is 11.7 Å². The van der Waals surface area contributed by atoms with Gasteiger partial charge in [0.05, 0.1) is 5.51 Å². The van der Waals surface area contributed by atoms with E-state index in [9.17, 15) is 9.90 Å². The molecule has 0 amide bonds. The normalized spacial score (nSPS) is 28.1. The van der Waals surface area contributed by atoms with Crippen LogP contribution in [0, 0.1) is 0 Å². The van der Waals surface area contributed by atoms with Gasteiger partial charge in [-0.3, -0.25) is 9.78 Å². The molecule has 1 aliphatic heterocycles. The molecule has 2 rings (SSSR count). The summed E-state index contributed by atoms with van der Waals surface area (Å²) in [5, 5.41) is 9.31. The number of hydrogen-bond acceptors (Lipinski definition) is 4. The molecule has 2 heterocycles. The van der Waals surface area contributed by atoms with Crippen LogP contribution in [0.25, 0.3) is 0 Å². The third kappa shape index (κ3) is 1.33. The molecule has 1 unspecified atom stereocenters. The van der Waals surface area contributed by atoms with Gasteiger partial charge in [0.15, 0.2) is 0 Å². The van der Waals surface area contributed by atoms with Crippen LogP contribution < -0.4 is 0 Å². The molecule has 1 aliphatic rings. The number of carboxylic acid groups (broad SMARTS) is 1. The number of likely N-dealkylation sites (tertiary alicyclic amines) is 1. The molecule has 0 aromatic carbocycles. The van der Waals surface area contributed by atoms with Crippen molar-refractivity contribution in [2.45, 2.75) is 11.8 Å². The Balaban J connectivity index is 2.38. The quantitative estimate of drug-likeness (QED) is 0.788. The second-order valence-corrected chi connectivity index (χ2v) is 4.63. The van der Waals surface area contributed by atoms with Crippen LogP contribution >= 0.6 is 11.3 Å². The fraction of sp³-hybridized carbons (Fsp3) is 0.556. The molecule has 1 aromatic heterocycles. The van der Waals surface area contributed by atoms with E-state index in [4.69, 9.17) is 0 Å². The highest BCUT2D eigenvalue weighted by atomic mass is 32.1. The molecular weight excluding hydrogens is 200 g/mol. The molecule has 0 bridgehead atoms. The summed E-state index contributed by atoms with van der Waals surface area (Å²) in [7, 11) is 1.95. The van der Waals surface area contributed by atoms with Gasteiger partial charge in [-0.1, -0.05) is 0 Å². The van der Waals surface area contributed by atoms with E-state index < -0.39 is 11.4 Å². The molecule has 76 valence electrons. The van der Waals surface area contributed by atoms with E-state index in [1.807, 2.05) is 11.9 Å². The molecule has 1 fully saturated rings. The van der Waals surface area contributed by atoms with Gasteiger partial charge in [0.25, 0.3) is 0 Å². The van der Waals surface area contributed by atoms with Crippen molar-refractivity contribution in [2.75, 3.05) is 20.1 Å². The molecule has 1 N–H and O–H groups in total. The monoisotopic (exact) mass is 212 g/mol. The number of nitrogens with zero attached hydrogens (tertiary/aromatic N) is 2. The number of carboxylic acids is 1. The van der Waals surface area contributed by atoms with Crippen molar-refractivity contribution in [3.63, 3.8) is 0 Å². The standard InChI is InChI=1S/C9H12N2O2S/c1-11-3-2-9(5-11,8(12)13)7-4-10-6-14-7/h4,6H,2-3,5H2,1H3,(H,12,13). The zero-order valence-electron chi connectivity index (χ0n) is 7.93. The zero-order chi connectivity index (χ0) is 10.2. The Morgan fingerprint density at radius 3 is 3.00 bits per heavy atom. The Labute approximate surface area is 86.2 Å². The van der Waals surface area contributed by atoms with E-state index in [0.29, 0.717) is 13.0 Å². The Bertz CT molecular complexity index is 339. The summed E-state index contributed by atoms with van der Waals surface area (Å²) in [5.41, 5.74) is 0.980. The zero-order valence-corrected chi connectivity index (χ0v) is 8.75. The number of likely N-dealkylation sites (N-methyl/N-ethyl adjacent to an activating group) is 1. The predicted octanol–water partition coefficient (Wildman–Crippen LogP) is 0.801. The van der Waals surface area contributed by atoms with Gasteiger partial charge < -0.3 is 10.0 Å². The van der Waals surface area contributed by atoms with Gasteiger partial charge in [0.2, 0.25) is 0 Å². The van der Waals surface area contributed by atoms with Crippen LogP contribution in [0.2, 0.25) is 0 Å². The number of carbonyl (C=O) groups is 1. The van der Waals surface area contributed by atoms with Crippen LogP contribution in [0.3, 0.4) is 0 Å². The smallest absolute Gasteiger partial charge is 0.316 e. The minimum absolute atomic E-state index is 0.588. The highest BCUT2D eigenvalue weighted by Gasteiger charge is 2.46. The topological polar surface area (TPSA) is 53.4 Å². The molecule has 1 saturated heterocycles. The highest BCUT2D eigenvalue weighted by molar-refractivity contribution is 7.09. The Hall–Kier alpha value is -0.940. The summed E-state index contributed by atoms with van der Waals surface area (Å²) in [6, 6.07) is 0. The predicted molar refractivity (Wildman–Crippen MR) is 53.5 cm³/mol. The molecule has 1 aromatic rings. The fourth-order valence-corrected chi connectivity index (χ4v) is 2.77. The summed E-state index contributed by atoms with van der Waals surface area (Å²) in [5.74, 6) is -0.730. The number of rotatable bonds is 2. The summed E-state index contributed by atoms with van der Waals surface area (Å²) in [4.78, 5) is 18.2. The average Bonchev–Trinajstić information content (AvgIpc) is 2.71. The number of aromatic nitrogens is 1. The van der Waals surface area contributed by atoms with Crippen LogP contribution in [0.4, 0.5) is 0 Å². The molecule has 4 nitrogen and oxygen atoms in total. The van der Waals surface area contributed by atoms with E-state index in [-0.39, 0.29) is 0 Å². The van der Waals surface area contributed by atoms with Crippen LogP contribution in [0.1, 0.15) is 11.3 Å². The van der Waals surface area contributed by atoms with Crippen LogP contribution in [0.5, 0.6) is 0 Å². The molecule has 0 radical (unpaired) electrons. The van der Waals surface area contributed by atoms with E-state index >= 15 is 0 Å². The van der Waals surface area contributed by atoms with E-state index in [1.54, 1.807) is 11.7 Å². The van der Waals surface area contributed by atoms with Gasteiger partial charge in [0, 0.05) is 17.6 Å². The molecule has 1 atom stereocenters. The molecule has 5 heteroatoms. The molecule has 0 aliphatic carbocycles. The number of thiazole rings is 1. The highest BCUT2D eigenvalue weighted by Crippen LogP contribution is 2.36. The minimum Gasteiger partial charge on any atom is -0.481 e. The van der Waals surface area contributed by atoms with Gasteiger partial charge >= 0.3 is 5.97 Å². The van der Waals surface area contributed by atoms with E-state index in [2.05, 4.69) is 4.98 Å².